The van der Waals surface area contributed by atoms with Crippen molar-refractivity contribution in [1.29, 1.82) is 0 Å². The zero-order valence-electron chi connectivity index (χ0n) is 9.55. The number of carboxylic acids is 1. The van der Waals surface area contributed by atoms with Crippen molar-refractivity contribution in [3.05, 3.63) is 12.3 Å². The van der Waals surface area contributed by atoms with E-state index in [9.17, 15) is 4.79 Å². The third kappa shape index (κ3) is 1.89. The number of rotatable bonds is 3. The molecule has 3 atom stereocenters. The van der Waals surface area contributed by atoms with Gasteiger partial charge in [0.1, 0.15) is 5.82 Å². The van der Waals surface area contributed by atoms with Crippen LogP contribution in [0.1, 0.15) is 32.7 Å². The molecule has 16 heavy (non-hydrogen) atoms. The van der Waals surface area contributed by atoms with Gasteiger partial charge in [0, 0.05) is 24.4 Å². The summed E-state index contributed by atoms with van der Waals surface area (Å²) in [4.78, 5) is 10.6. The lowest BCUT2D eigenvalue weighted by Gasteiger charge is -2.36. The predicted molar refractivity (Wildman–Crippen MR) is 60.4 cm³/mol. The van der Waals surface area contributed by atoms with Crippen molar-refractivity contribution in [2.24, 2.45) is 5.92 Å². The molecule has 1 aliphatic heterocycles. The molecular weight excluding hydrogens is 206 g/mol. The Hall–Kier alpha value is -1.52. The first kappa shape index (κ1) is 11.0. The first-order chi connectivity index (χ1) is 7.59. The van der Waals surface area contributed by atoms with Crippen LogP contribution in [0.4, 0.5) is 5.82 Å². The van der Waals surface area contributed by atoms with E-state index in [0.717, 1.165) is 5.82 Å². The minimum atomic E-state index is -0.731. The molecule has 0 saturated heterocycles. The van der Waals surface area contributed by atoms with E-state index < -0.39 is 5.97 Å². The standard InChI is InChI=1S/C11H17N3O2/c1-7-9(3-4-11(15)16)8(2)14-10(13-7)5-6-12-14/h5-9,13H,3-4H2,1-2H3,(H,15,16)/t7-,8+,9-/m0/s1. The molecule has 0 aromatic carbocycles. The van der Waals surface area contributed by atoms with Crippen LogP contribution in [-0.2, 0) is 4.79 Å². The molecule has 0 amide bonds. The maximum atomic E-state index is 10.6. The lowest BCUT2D eigenvalue weighted by Crippen LogP contribution is -2.38. The fourth-order valence-electron chi connectivity index (χ4n) is 2.47. The number of hydrogen-bond donors (Lipinski definition) is 2. The molecule has 5 heteroatoms. The fourth-order valence-corrected chi connectivity index (χ4v) is 2.47. The van der Waals surface area contributed by atoms with E-state index in [1.54, 1.807) is 6.20 Å². The SMILES string of the molecule is C[C@@H]1Nc2ccnn2[C@H](C)[C@H]1CCC(=O)O. The number of aromatic nitrogens is 2. The highest BCUT2D eigenvalue weighted by molar-refractivity contribution is 5.66. The molecule has 2 N–H and O–H groups in total. The Balaban J connectivity index is 2.12. The second kappa shape index (κ2) is 4.15. The number of nitrogens with one attached hydrogen (secondary N) is 1. The summed E-state index contributed by atoms with van der Waals surface area (Å²) in [5, 5.41) is 16.3. The number of nitrogens with zero attached hydrogens (tertiary/aromatic N) is 2. The van der Waals surface area contributed by atoms with Gasteiger partial charge in [-0.2, -0.15) is 5.10 Å². The largest absolute Gasteiger partial charge is 0.481 e. The number of anilines is 1. The smallest absolute Gasteiger partial charge is 0.303 e. The van der Waals surface area contributed by atoms with Gasteiger partial charge in [0.05, 0.1) is 12.2 Å². The fraction of sp³-hybridized carbons (Fsp3) is 0.636. The van der Waals surface area contributed by atoms with Crippen LogP contribution in [0.5, 0.6) is 0 Å². The number of hydrogen-bond acceptors (Lipinski definition) is 3. The normalized spacial score (nSPS) is 28.2. The van der Waals surface area contributed by atoms with E-state index in [4.69, 9.17) is 5.11 Å². The van der Waals surface area contributed by atoms with Gasteiger partial charge in [-0.1, -0.05) is 0 Å². The van der Waals surface area contributed by atoms with Crippen LogP contribution in [-0.4, -0.2) is 26.9 Å². The van der Waals surface area contributed by atoms with Crippen LogP contribution in [0.25, 0.3) is 0 Å². The van der Waals surface area contributed by atoms with Crippen molar-refractivity contribution in [3.63, 3.8) is 0 Å². The third-order valence-corrected chi connectivity index (χ3v) is 3.39. The van der Waals surface area contributed by atoms with Gasteiger partial charge in [-0.15, -0.1) is 0 Å². The molecule has 0 radical (unpaired) electrons. The summed E-state index contributed by atoms with van der Waals surface area (Å²) in [5.41, 5.74) is 0. The molecule has 2 heterocycles. The van der Waals surface area contributed by atoms with E-state index in [1.807, 2.05) is 10.7 Å². The van der Waals surface area contributed by atoms with Crippen molar-refractivity contribution in [2.75, 3.05) is 5.32 Å². The van der Waals surface area contributed by atoms with Crippen LogP contribution in [0.15, 0.2) is 12.3 Å². The Morgan fingerprint density at radius 2 is 2.38 bits per heavy atom. The quantitative estimate of drug-likeness (QED) is 0.819. The highest BCUT2D eigenvalue weighted by atomic mass is 16.4. The minimum Gasteiger partial charge on any atom is -0.481 e. The van der Waals surface area contributed by atoms with Crippen molar-refractivity contribution < 1.29 is 9.90 Å². The zero-order chi connectivity index (χ0) is 11.7. The zero-order valence-corrected chi connectivity index (χ0v) is 9.55. The molecule has 2 rings (SSSR count). The van der Waals surface area contributed by atoms with Gasteiger partial charge in [-0.25, -0.2) is 4.68 Å². The number of fused-ring (bicyclic) bond motifs is 1. The molecule has 88 valence electrons. The Morgan fingerprint density at radius 1 is 1.62 bits per heavy atom. The molecule has 5 nitrogen and oxygen atoms in total. The van der Waals surface area contributed by atoms with E-state index in [1.165, 1.54) is 0 Å². The van der Waals surface area contributed by atoms with Crippen molar-refractivity contribution in [1.82, 2.24) is 9.78 Å². The van der Waals surface area contributed by atoms with Crippen LogP contribution < -0.4 is 5.32 Å². The Bertz CT molecular complexity index is 388. The molecule has 0 fully saturated rings. The molecular formula is C11H17N3O2. The molecule has 0 spiro atoms. The van der Waals surface area contributed by atoms with Crippen molar-refractivity contribution in [2.45, 2.75) is 38.8 Å². The number of aliphatic carboxylic acids is 1. The molecule has 1 aromatic rings. The maximum Gasteiger partial charge on any atom is 0.303 e. The maximum absolute atomic E-state index is 10.6. The van der Waals surface area contributed by atoms with Gasteiger partial charge in [0.2, 0.25) is 0 Å². The number of carboxylic acid groups (broad SMARTS) is 1. The first-order valence-electron chi connectivity index (χ1n) is 5.61. The van der Waals surface area contributed by atoms with Gasteiger partial charge in [-0.05, 0) is 20.3 Å². The van der Waals surface area contributed by atoms with Crippen LogP contribution in [0, 0.1) is 5.92 Å². The summed E-state index contributed by atoms with van der Waals surface area (Å²) in [6, 6.07) is 2.49. The van der Waals surface area contributed by atoms with Crippen LogP contribution in [0.3, 0.4) is 0 Å². The first-order valence-corrected chi connectivity index (χ1v) is 5.61. The summed E-state index contributed by atoms with van der Waals surface area (Å²) in [6.45, 7) is 4.19. The predicted octanol–water partition coefficient (Wildman–Crippen LogP) is 1.74. The van der Waals surface area contributed by atoms with Crippen molar-refractivity contribution >= 4 is 11.8 Å². The molecule has 0 aliphatic carbocycles. The lowest BCUT2D eigenvalue weighted by molar-refractivity contribution is -0.137. The van der Waals surface area contributed by atoms with Crippen molar-refractivity contribution in [3.8, 4) is 0 Å². The monoisotopic (exact) mass is 223 g/mol. The lowest BCUT2D eigenvalue weighted by atomic mass is 9.87. The average Bonchev–Trinajstić information content (AvgIpc) is 2.64. The second-order valence-electron chi connectivity index (χ2n) is 4.43. The number of carbonyl (C=O) groups is 1. The van der Waals surface area contributed by atoms with Gasteiger partial charge >= 0.3 is 5.97 Å². The van der Waals surface area contributed by atoms with E-state index in [0.29, 0.717) is 18.4 Å². The molecule has 1 aromatic heterocycles. The molecule has 0 saturated carbocycles. The topological polar surface area (TPSA) is 67.2 Å². The minimum absolute atomic E-state index is 0.220. The van der Waals surface area contributed by atoms with Gasteiger partial charge < -0.3 is 10.4 Å². The highest BCUT2D eigenvalue weighted by Crippen LogP contribution is 2.33. The highest BCUT2D eigenvalue weighted by Gasteiger charge is 2.31. The summed E-state index contributed by atoms with van der Waals surface area (Å²) in [5.74, 6) is 0.598. The summed E-state index contributed by atoms with van der Waals surface area (Å²) in [6.07, 6.45) is 2.67. The van der Waals surface area contributed by atoms with E-state index in [2.05, 4.69) is 24.3 Å². The second-order valence-corrected chi connectivity index (χ2v) is 4.43. The Morgan fingerprint density at radius 3 is 3.06 bits per heavy atom. The van der Waals surface area contributed by atoms with E-state index >= 15 is 0 Å². The Labute approximate surface area is 94.5 Å². The van der Waals surface area contributed by atoms with E-state index in [-0.39, 0.29) is 12.5 Å². The molecule has 0 bridgehead atoms. The summed E-state index contributed by atoms with van der Waals surface area (Å²) in [7, 11) is 0. The van der Waals surface area contributed by atoms with Gasteiger partial charge in [0.15, 0.2) is 0 Å². The van der Waals surface area contributed by atoms with Gasteiger partial charge in [0.25, 0.3) is 0 Å². The van der Waals surface area contributed by atoms with Gasteiger partial charge in [-0.3, -0.25) is 4.79 Å². The molecule has 1 aliphatic rings. The molecule has 0 unspecified atom stereocenters. The summed E-state index contributed by atoms with van der Waals surface area (Å²) < 4.78 is 1.94. The van der Waals surface area contributed by atoms with Crippen LogP contribution >= 0.6 is 0 Å². The van der Waals surface area contributed by atoms with Crippen LogP contribution in [0.2, 0.25) is 0 Å². The summed E-state index contributed by atoms with van der Waals surface area (Å²) >= 11 is 0. The average molecular weight is 223 g/mol. The Kier molecular flexibility index (Phi) is 2.85. The third-order valence-electron chi connectivity index (χ3n) is 3.39.